The SMILES string of the molecule is NCCCC(=O)NCCCCN1C(=O)c2ccccc2C1=O. The van der Waals surface area contributed by atoms with Crippen LogP contribution in [0.3, 0.4) is 0 Å². The van der Waals surface area contributed by atoms with Crippen LogP contribution in [-0.2, 0) is 4.79 Å². The van der Waals surface area contributed by atoms with Gasteiger partial charge < -0.3 is 11.1 Å². The van der Waals surface area contributed by atoms with Crippen LogP contribution in [0.1, 0.15) is 46.4 Å². The molecule has 0 unspecified atom stereocenters. The number of hydrogen-bond donors (Lipinski definition) is 2. The molecule has 0 saturated carbocycles. The van der Waals surface area contributed by atoms with E-state index in [1.165, 1.54) is 4.90 Å². The van der Waals surface area contributed by atoms with Gasteiger partial charge in [-0.2, -0.15) is 0 Å². The first-order chi connectivity index (χ1) is 10.6. The first-order valence-electron chi connectivity index (χ1n) is 7.57. The van der Waals surface area contributed by atoms with E-state index in [2.05, 4.69) is 5.32 Å². The van der Waals surface area contributed by atoms with E-state index in [0.29, 0.717) is 50.0 Å². The Hall–Kier alpha value is -2.21. The summed E-state index contributed by atoms with van der Waals surface area (Å²) in [4.78, 5) is 36.9. The summed E-state index contributed by atoms with van der Waals surface area (Å²) in [5.74, 6) is -0.466. The molecule has 0 aromatic heterocycles. The Kier molecular flexibility index (Phi) is 5.66. The summed E-state index contributed by atoms with van der Waals surface area (Å²) in [5, 5.41) is 2.80. The molecule has 0 saturated heterocycles. The molecule has 2 rings (SSSR count). The lowest BCUT2D eigenvalue weighted by atomic mass is 10.1. The minimum atomic E-state index is -0.229. The molecule has 1 heterocycles. The molecule has 1 aliphatic rings. The number of benzene rings is 1. The molecule has 1 aliphatic heterocycles. The molecular formula is C16H21N3O3. The smallest absolute Gasteiger partial charge is 0.261 e. The van der Waals surface area contributed by atoms with E-state index in [1.807, 2.05) is 0 Å². The highest BCUT2D eigenvalue weighted by Crippen LogP contribution is 2.22. The summed E-state index contributed by atoms with van der Waals surface area (Å²) in [6, 6.07) is 6.86. The number of rotatable bonds is 8. The number of fused-ring (bicyclic) bond motifs is 1. The first kappa shape index (κ1) is 16.2. The van der Waals surface area contributed by atoms with Gasteiger partial charge in [-0.25, -0.2) is 0 Å². The summed E-state index contributed by atoms with van der Waals surface area (Å²) in [6.45, 7) is 1.44. The maximum Gasteiger partial charge on any atom is 0.261 e. The minimum absolute atomic E-state index is 0.00817. The highest BCUT2D eigenvalue weighted by Gasteiger charge is 2.34. The quantitative estimate of drug-likeness (QED) is 0.551. The predicted molar refractivity (Wildman–Crippen MR) is 82.3 cm³/mol. The molecule has 0 aliphatic carbocycles. The normalized spacial score (nSPS) is 13.4. The lowest BCUT2D eigenvalue weighted by molar-refractivity contribution is -0.121. The number of unbranched alkanes of at least 4 members (excludes halogenated alkanes) is 1. The van der Waals surface area contributed by atoms with Crippen LogP contribution in [0.4, 0.5) is 0 Å². The first-order valence-corrected chi connectivity index (χ1v) is 7.57. The molecule has 3 N–H and O–H groups in total. The van der Waals surface area contributed by atoms with Crippen LogP contribution in [0.2, 0.25) is 0 Å². The number of amides is 3. The van der Waals surface area contributed by atoms with Crippen molar-refractivity contribution >= 4 is 17.7 Å². The molecule has 1 aromatic carbocycles. The van der Waals surface area contributed by atoms with Crippen LogP contribution < -0.4 is 11.1 Å². The summed E-state index contributed by atoms with van der Waals surface area (Å²) in [5.41, 5.74) is 6.29. The largest absolute Gasteiger partial charge is 0.356 e. The zero-order valence-corrected chi connectivity index (χ0v) is 12.5. The molecular weight excluding hydrogens is 282 g/mol. The minimum Gasteiger partial charge on any atom is -0.356 e. The monoisotopic (exact) mass is 303 g/mol. The van der Waals surface area contributed by atoms with Crippen LogP contribution in [0.25, 0.3) is 0 Å². The average molecular weight is 303 g/mol. The second kappa shape index (κ2) is 7.70. The van der Waals surface area contributed by atoms with Gasteiger partial charge in [-0.15, -0.1) is 0 Å². The summed E-state index contributed by atoms with van der Waals surface area (Å²) >= 11 is 0. The number of carbonyl (C=O) groups is 3. The number of carbonyl (C=O) groups excluding carboxylic acids is 3. The maximum atomic E-state index is 12.1. The molecule has 0 fully saturated rings. The fourth-order valence-corrected chi connectivity index (χ4v) is 2.42. The third kappa shape index (κ3) is 3.71. The van der Waals surface area contributed by atoms with E-state index in [9.17, 15) is 14.4 Å². The van der Waals surface area contributed by atoms with Crippen molar-refractivity contribution < 1.29 is 14.4 Å². The second-order valence-corrected chi connectivity index (χ2v) is 5.26. The van der Waals surface area contributed by atoms with Crippen molar-refractivity contribution in [2.24, 2.45) is 5.73 Å². The van der Waals surface area contributed by atoms with Gasteiger partial charge in [0, 0.05) is 19.5 Å². The Labute approximate surface area is 129 Å². The van der Waals surface area contributed by atoms with Crippen molar-refractivity contribution in [1.82, 2.24) is 10.2 Å². The van der Waals surface area contributed by atoms with Gasteiger partial charge in [-0.3, -0.25) is 19.3 Å². The highest BCUT2D eigenvalue weighted by molar-refractivity contribution is 6.21. The van der Waals surface area contributed by atoms with Gasteiger partial charge in [0.15, 0.2) is 0 Å². The van der Waals surface area contributed by atoms with Crippen molar-refractivity contribution in [3.05, 3.63) is 35.4 Å². The van der Waals surface area contributed by atoms with Crippen molar-refractivity contribution in [2.45, 2.75) is 25.7 Å². The van der Waals surface area contributed by atoms with Crippen LogP contribution in [0.5, 0.6) is 0 Å². The fraction of sp³-hybridized carbons (Fsp3) is 0.438. The van der Waals surface area contributed by atoms with E-state index < -0.39 is 0 Å². The molecule has 118 valence electrons. The number of imide groups is 1. The van der Waals surface area contributed by atoms with Gasteiger partial charge in [0.1, 0.15) is 0 Å². The molecule has 0 radical (unpaired) electrons. The second-order valence-electron chi connectivity index (χ2n) is 5.26. The summed E-state index contributed by atoms with van der Waals surface area (Å²) in [7, 11) is 0. The Morgan fingerprint density at radius 1 is 1.05 bits per heavy atom. The average Bonchev–Trinajstić information content (AvgIpc) is 2.77. The number of nitrogens with two attached hydrogens (primary N) is 1. The Balaban J connectivity index is 1.72. The molecule has 0 bridgehead atoms. The standard InChI is InChI=1S/C16H21N3O3/c17-9-5-8-14(20)18-10-3-4-11-19-15(21)12-6-1-2-7-13(12)16(19)22/h1-2,6-7H,3-5,8-11,17H2,(H,18,20). The lowest BCUT2D eigenvalue weighted by Crippen LogP contribution is -2.31. The highest BCUT2D eigenvalue weighted by atomic mass is 16.2. The van der Waals surface area contributed by atoms with Crippen LogP contribution in [0.15, 0.2) is 24.3 Å². The van der Waals surface area contributed by atoms with Crippen molar-refractivity contribution in [1.29, 1.82) is 0 Å². The van der Waals surface area contributed by atoms with Gasteiger partial charge >= 0.3 is 0 Å². The topological polar surface area (TPSA) is 92.5 Å². The Morgan fingerprint density at radius 3 is 2.27 bits per heavy atom. The zero-order valence-electron chi connectivity index (χ0n) is 12.5. The van der Waals surface area contributed by atoms with Crippen molar-refractivity contribution in [3.8, 4) is 0 Å². The predicted octanol–water partition coefficient (Wildman–Crippen LogP) is 0.918. The molecule has 0 spiro atoms. The molecule has 6 nitrogen and oxygen atoms in total. The number of hydrogen-bond acceptors (Lipinski definition) is 4. The van der Waals surface area contributed by atoms with Crippen LogP contribution in [0, 0.1) is 0 Å². The third-order valence-corrected chi connectivity index (χ3v) is 3.62. The van der Waals surface area contributed by atoms with Gasteiger partial charge in [0.2, 0.25) is 5.91 Å². The van der Waals surface area contributed by atoms with E-state index in [1.54, 1.807) is 24.3 Å². The third-order valence-electron chi connectivity index (χ3n) is 3.62. The molecule has 6 heteroatoms. The molecule has 3 amide bonds. The van der Waals surface area contributed by atoms with Crippen LogP contribution >= 0.6 is 0 Å². The van der Waals surface area contributed by atoms with E-state index in [4.69, 9.17) is 5.73 Å². The Bertz CT molecular complexity index is 537. The van der Waals surface area contributed by atoms with E-state index >= 15 is 0 Å². The lowest BCUT2D eigenvalue weighted by Gasteiger charge is -2.13. The summed E-state index contributed by atoms with van der Waals surface area (Å²) in [6.07, 6.45) is 2.51. The molecule has 22 heavy (non-hydrogen) atoms. The van der Waals surface area contributed by atoms with Gasteiger partial charge in [-0.05, 0) is 37.9 Å². The van der Waals surface area contributed by atoms with E-state index in [0.717, 1.165) is 6.42 Å². The van der Waals surface area contributed by atoms with Gasteiger partial charge in [-0.1, -0.05) is 12.1 Å². The maximum absolute atomic E-state index is 12.1. The summed E-state index contributed by atoms with van der Waals surface area (Å²) < 4.78 is 0. The van der Waals surface area contributed by atoms with E-state index in [-0.39, 0.29) is 17.7 Å². The van der Waals surface area contributed by atoms with Crippen LogP contribution in [-0.4, -0.2) is 42.3 Å². The molecule has 1 aromatic rings. The van der Waals surface area contributed by atoms with Crippen molar-refractivity contribution in [3.63, 3.8) is 0 Å². The molecule has 0 atom stereocenters. The fourth-order valence-electron chi connectivity index (χ4n) is 2.42. The van der Waals surface area contributed by atoms with Gasteiger partial charge in [0.05, 0.1) is 11.1 Å². The number of nitrogens with zero attached hydrogens (tertiary/aromatic N) is 1. The van der Waals surface area contributed by atoms with Gasteiger partial charge in [0.25, 0.3) is 11.8 Å². The number of nitrogens with one attached hydrogen (secondary N) is 1. The Morgan fingerprint density at radius 2 is 1.68 bits per heavy atom. The van der Waals surface area contributed by atoms with Crippen molar-refractivity contribution in [2.75, 3.05) is 19.6 Å². The zero-order chi connectivity index (χ0) is 15.9.